The smallest absolute Gasteiger partial charge is 0.0264 e. The molecule has 68 valence electrons. The summed E-state index contributed by atoms with van der Waals surface area (Å²) in [7, 11) is 0. The summed E-state index contributed by atoms with van der Waals surface area (Å²) in [5.41, 5.74) is 2.28. The minimum atomic E-state index is 0.896. The topological polar surface area (TPSA) is 0 Å². The Hall–Kier alpha value is -0.340. The van der Waals surface area contributed by atoms with Crippen molar-refractivity contribution in [2.24, 2.45) is 0 Å². The van der Waals surface area contributed by atoms with Crippen LogP contribution >= 0.6 is 31.9 Å². The third kappa shape index (κ3) is 2.55. The Bertz CT molecular complexity index is 351. The third-order valence-electron chi connectivity index (χ3n) is 1.66. The summed E-state index contributed by atoms with van der Waals surface area (Å²) in [6, 6.07) is 6.08. The number of rotatable bonds is 2. The zero-order valence-corrected chi connectivity index (χ0v) is 10.5. The maximum absolute atomic E-state index is 3.88. The first-order valence-corrected chi connectivity index (χ1v) is 5.51. The molecule has 0 aliphatic carbocycles. The Morgan fingerprint density at radius 1 is 1.46 bits per heavy atom. The molecule has 0 spiro atoms. The van der Waals surface area contributed by atoms with Crippen LogP contribution in [0.25, 0.3) is 10.6 Å². The van der Waals surface area contributed by atoms with E-state index in [4.69, 9.17) is 0 Å². The summed E-state index contributed by atoms with van der Waals surface area (Å²) in [6.45, 7) is 5.88. The monoisotopic (exact) mass is 300 g/mol. The molecule has 2 heteroatoms. The quantitative estimate of drug-likeness (QED) is 0.732. The minimum absolute atomic E-state index is 0.896. The van der Waals surface area contributed by atoms with Crippen LogP contribution in [0, 0.1) is 0 Å². The molecule has 0 radical (unpaired) electrons. The molecule has 0 unspecified atom stereocenters. The van der Waals surface area contributed by atoms with E-state index < -0.39 is 0 Å². The summed E-state index contributed by atoms with van der Waals surface area (Å²) in [4.78, 5) is 0. The van der Waals surface area contributed by atoms with Crippen LogP contribution in [-0.4, -0.2) is 0 Å². The van der Waals surface area contributed by atoms with Gasteiger partial charge in [0.25, 0.3) is 0 Å². The van der Waals surface area contributed by atoms with Crippen LogP contribution in [0.4, 0.5) is 0 Å². The van der Waals surface area contributed by atoms with Gasteiger partial charge < -0.3 is 0 Å². The zero-order valence-electron chi connectivity index (χ0n) is 7.35. The SMILES string of the molecule is C=C(Br)c1c(Br)cccc1/C=C\C. The first-order valence-electron chi connectivity index (χ1n) is 3.92. The van der Waals surface area contributed by atoms with Crippen molar-refractivity contribution in [3.63, 3.8) is 0 Å². The standard InChI is InChI=1S/C11H10Br2/c1-3-5-9-6-4-7-10(13)11(9)8(2)12/h3-7H,2H2,1H3/b5-3-. The Morgan fingerprint density at radius 2 is 2.15 bits per heavy atom. The molecule has 0 heterocycles. The molecule has 0 nitrogen and oxygen atoms in total. The van der Waals surface area contributed by atoms with Crippen LogP contribution in [0.5, 0.6) is 0 Å². The maximum atomic E-state index is 3.88. The van der Waals surface area contributed by atoms with Crippen molar-refractivity contribution in [2.75, 3.05) is 0 Å². The molecule has 0 amide bonds. The van der Waals surface area contributed by atoms with Crippen molar-refractivity contribution >= 4 is 42.4 Å². The summed E-state index contributed by atoms with van der Waals surface area (Å²) in [6.07, 6.45) is 4.08. The maximum Gasteiger partial charge on any atom is 0.0264 e. The Morgan fingerprint density at radius 3 is 2.69 bits per heavy atom. The van der Waals surface area contributed by atoms with Crippen LogP contribution in [0.15, 0.2) is 35.3 Å². The van der Waals surface area contributed by atoms with Crippen LogP contribution < -0.4 is 0 Å². The molecule has 1 aromatic rings. The van der Waals surface area contributed by atoms with Gasteiger partial charge in [0.2, 0.25) is 0 Å². The molecule has 1 rings (SSSR count). The highest BCUT2D eigenvalue weighted by atomic mass is 79.9. The number of allylic oxidation sites excluding steroid dienone is 1. The first kappa shape index (κ1) is 10.7. The van der Waals surface area contributed by atoms with Crippen molar-refractivity contribution < 1.29 is 0 Å². The largest absolute Gasteiger partial charge is 0.0870 e. The van der Waals surface area contributed by atoms with E-state index in [2.05, 4.69) is 50.6 Å². The number of halogens is 2. The zero-order chi connectivity index (χ0) is 9.84. The summed E-state index contributed by atoms with van der Waals surface area (Å²) in [5.74, 6) is 0. The lowest BCUT2D eigenvalue weighted by Gasteiger charge is -2.06. The summed E-state index contributed by atoms with van der Waals surface area (Å²) in [5, 5.41) is 0. The molecule has 1 aromatic carbocycles. The highest BCUT2D eigenvalue weighted by Crippen LogP contribution is 2.31. The molecule has 0 atom stereocenters. The van der Waals surface area contributed by atoms with Crippen molar-refractivity contribution in [1.82, 2.24) is 0 Å². The van der Waals surface area contributed by atoms with Gasteiger partial charge in [-0.1, -0.05) is 62.7 Å². The highest BCUT2D eigenvalue weighted by molar-refractivity contribution is 9.15. The molecular weight excluding hydrogens is 292 g/mol. The average Bonchev–Trinajstić information content (AvgIpc) is 2.04. The second-order valence-electron chi connectivity index (χ2n) is 2.61. The van der Waals surface area contributed by atoms with Gasteiger partial charge in [0.1, 0.15) is 0 Å². The van der Waals surface area contributed by atoms with Gasteiger partial charge in [-0.05, 0) is 18.6 Å². The average molecular weight is 302 g/mol. The molecule has 0 N–H and O–H groups in total. The van der Waals surface area contributed by atoms with Crippen molar-refractivity contribution in [3.8, 4) is 0 Å². The summed E-state index contributed by atoms with van der Waals surface area (Å²) >= 11 is 6.89. The van der Waals surface area contributed by atoms with E-state index in [9.17, 15) is 0 Å². The van der Waals surface area contributed by atoms with E-state index in [-0.39, 0.29) is 0 Å². The van der Waals surface area contributed by atoms with E-state index in [0.29, 0.717) is 0 Å². The van der Waals surface area contributed by atoms with Gasteiger partial charge >= 0.3 is 0 Å². The predicted molar refractivity (Wildman–Crippen MR) is 66.8 cm³/mol. The lowest BCUT2D eigenvalue weighted by Crippen LogP contribution is -1.84. The van der Waals surface area contributed by atoms with Crippen molar-refractivity contribution in [1.29, 1.82) is 0 Å². The van der Waals surface area contributed by atoms with E-state index in [0.717, 1.165) is 14.5 Å². The molecule has 0 fully saturated rings. The van der Waals surface area contributed by atoms with Crippen molar-refractivity contribution in [3.05, 3.63) is 46.5 Å². The number of hydrogen-bond donors (Lipinski definition) is 0. The molecule has 0 bridgehead atoms. The fourth-order valence-electron chi connectivity index (χ4n) is 1.15. The van der Waals surface area contributed by atoms with E-state index in [1.807, 2.05) is 25.1 Å². The van der Waals surface area contributed by atoms with Gasteiger partial charge in [-0.3, -0.25) is 0 Å². The molecule has 13 heavy (non-hydrogen) atoms. The normalized spacial score (nSPS) is 10.7. The Labute approximate surface area is 95.6 Å². The lowest BCUT2D eigenvalue weighted by atomic mass is 10.1. The minimum Gasteiger partial charge on any atom is -0.0870 e. The molecule has 0 aliphatic heterocycles. The Balaban J connectivity index is 3.34. The molecule has 0 aromatic heterocycles. The van der Waals surface area contributed by atoms with E-state index in [1.165, 1.54) is 5.56 Å². The fraction of sp³-hybridized carbons (Fsp3) is 0.0909. The van der Waals surface area contributed by atoms with E-state index in [1.54, 1.807) is 0 Å². The van der Waals surface area contributed by atoms with Gasteiger partial charge in [-0.25, -0.2) is 0 Å². The summed E-state index contributed by atoms with van der Waals surface area (Å²) < 4.78 is 1.96. The third-order valence-corrected chi connectivity index (χ3v) is 2.72. The van der Waals surface area contributed by atoms with E-state index >= 15 is 0 Å². The van der Waals surface area contributed by atoms with Gasteiger partial charge in [-0.15, -0.1) is 0 Å². The highest BCUT2D eigenvalue weighted by Gasteiger charge is 2.05. The van der Waals surface area contributed by atoms with Gasteiger partial charge in [-0.2, -0.15) is 0 Å². The predicted octanol–water partition coefficient (Wildman–Crippen LogP) is 4.85. The van der Waals surface area contributed by atoms with Crippen LogP contribution in [0.2, 0.25) is 0 Å². The van der Waals surface area contributed by atoms with Gasteiger partial charge in [0.15, 0.2) is 0 Å². The van der Waals surface area contributed by atoms with Crippen LogP contribution in [-0.2, 0) is 0 Å². The number of benzene rings is 1. The molecule has 0 saturated carbocycles. The van der Waals surface area contributed by atoms with Gasteiger partial charge in [0, 0.05) is 14.5 Å². The lowest BCUT2D eigenvalue weighted by molar-refractivity contribution is 1.55. The van der Waals surface area contributed by atoms with Gasteiger partial charge in [0.05, 0.1) is 0 Å². The molecule has 0 aliphatic rings. The molecular formula is C11H10Br2. The molecule has 0 saturated heterocycles. The first-order chi connectivity index (χ1) is 6.16. The fourth-order valence-corrected chi connectivity index (χ4v) is 2.47. The van der Waals surface area contributed by atoms with Crippen molar-refractivity contribution in [2.45, 2.75) is 6.92 Å². The van der Waals surface area contributed by atoms with Crippen LogP contribution in [0.3, 0.4) is 0 Å². The Kier molecular flexibility index (Phi) is 3.94. The van der Waals surface area contributed by atoms with Crippen LogP contribution in [0.1, 0.15) is 18.1 Å². The second-order valence-corrected chi connectivity index (χ2v) is 4.42. The number of hydrogen-bond acceptors (Lipinski definition) is 0. The second kappa shape index (κ2) is 4.77.